The van der Waals surface area contributed by atoms with Crippen molar-refractivity contribution < 1.29 is 9.59 Å². The molecule has 0 radical (unpaired) electrons. The van der Waals surface area contributed by atoms with Crippen LogP contribution in [0.4, 0.5) is 5.69 Å². The summed E-state index contributed by atoms with van der Waals surface area (Å²) >= 11 is 11.7. The largest absolute Gasteiger partial charge is 0.329 e. The Balaban J connectivity index is 1.94. The van der Waals surface area contributed by atoms with Gasteiger partial charge in [-0.15, -0.1) is 0 Å². The Hall–Kier alpha value is -2.44. The molecule has 1 heterocycles. The number of nitrogens with one attached hydrogen (secondary N) is 2. The van der Waals surface area contributed by atoms with E-state index < -0.39 is 11.8 Å². The molecule has 6 nitrogen and oxygen atoms in total. The van der Waals surface area contributed by atoms with Gasteiger partial charge in [-0.25, -0.2) is 5.43 Å². The molecule has 0 bridgehead atoms. The van der Waals surface area contributed by atoms with Gasteiger partial charge in [0.25, 0.3) is 0 Å². The number of aromatic nitrogens is 1. The number of halogens is 2. The Labute approximate surface area is 136 Å². The first-order chi connectivity index (χ1) is 10.6. The maximum atomic E-state index is 11.7. The molecule has 0 saturated heterocycles. The molecule has 2 amide bonds. The van der Waals surface area contributed by atoms with Crippen LogP contribution in [0.1, 0.15) is 5.56 Å². The summed E-state index contributed by atoms with van der Waals surface area (Å²) in [5.74, 6) is -1.84. The van der Waals surface area contributed by atoms with E-state index in [0.29, 0.717) is 5.56 Å². The molecule has 2 rings (SSSR count). The van der Waals surface area contributed by atoms with Gasteiger partial charge in [-0.2, -0.15) is 5.10 Å². The predicted octanol–water partition coefficient (Wildman–Crippen LogP) is 2.48. The maximum absolute atomic E-state index is 11.7. The summed E-state index contributed by atoms with van der Waals surface area (Å²) in [4.78, 5) is 27.2. The highest BCUT2D eigenvalue weighted by molar-refractivity contribution is 6.45. The number of hydrazone groups is 1. The topological polar surface area (TPSA) is 83.5 Å². The summed E-state index contributed by atoms with van der Waals surface area (Å²) in [6.07, 6.45) is 4.53. The Morgan fingerprint density at radius 3 is 2.68 bits per heavy atom. The molecule has 2 N–H and O–H groups in total. The first-order valence-corrected chi connectivity index (χ1v) is 6.82. The lowest BCUT2D eigenvalue weighted by atomic mass is 10.3. The number of carbonyl (C=O) groups excluding carboxylic acids is 2. The van der Waals surface area contributed by atoms with Crippen LogP contribution in [-0.2, 0) is 9.59 Å². The molecule has 0 atom stereocenters. The highest BCUT2D eigenvalue weighted by Gasteiger charge is 2.15. The molecule has 1 aromatic carbocycles. The fraction of sp³-hybridized carbons (Fsp3) is 0. The highest BCUT2D eigenvalue weighted by Crippen LogP contribution is 2.29. The van der Waals surface area contributed by atoms with Gasteiger partial charge < -0.3 is 5.32 Å². The molecule has 0 aliphatic carbocycles. The SMILES string of the molecule is O=C(N/N=C\c1cccnc1)C(=O)Nc1cccc(Cl)c1Cl. The van der Waals surface area contributed by atoms with E-state index in [0.717, 1.165) is 0 Å². The van der Waals surface area contributed by atoms with E-state index in [4.69, 9.17) is 23.2 Å². The molecular weight excluding hydrogens is 327 g/mol. The smallest absolute Gasteiger partial charge is 0.316 e. The second kappa shape index (κ2) is 7.53. The van der Waals surface area contributed by atoms with Gasteiger partial charge in [0.1, 0.15) is 0 Å². The second-order valence-corrected chi connectivity index (χ2v) is 4.83. The molecule has 0 spiro atoms. The summed E-state index contributed by atoms with van der Waals surface area (Å²) < 4.78 is 0. The third-order valence-corrected chi connectivity index (χ3v) is 3.29. The van der Waals surface area contributed by atoms with E-state index in [1.54, 1.807) is 36.7 Å². The van der Waals surface area contributed by atoms with Crippen LogP contribution in [0.15, 0.2) is 47.8 Å². The van der Waals surface area contributed by atoms with E-state index in [2.05, 4.69) is 20.8 Å². The third-order valence-electron chi connectivity index (χ3n) is 2.47. The van der Waals surface area contributed by atoms with Gasteiger partial charge in [-0.05, 0) is 18.2 Å². The average Bonchev–Trinajstić information content (AvgIpc) is 2.52. The van der Waals surface area contributed by atoms with Crippen molar-refractivity contribution in [3.8, 4) is 0 Å². The van der Waals surface area contributed by atoms with E-state index >= 15 is 0 Å². The Bertz CT molecular complexity index is 720. The predicted molar refractivity (Wildman–Crippen MR) is 85.1 cm³/mol. The minimum absolute atomic E-state index is 0.157. The van der Waals surface area contributed by atoms with Gasteiger partial charge in [-0.1, -0.05) is 35.3 Å². The van der Waals surface area contributed by atoms with Gasteiger partial charge in [0.15, 0.2) is 0 Å². The van der Waals surface area contributed by atoms with Crippen LogP contribution >= 0.6 is 23.2 Å². The van der Waals surface area contributed by atoms with Crippen LogP contribution in [-0.4, -0.2) is 23.0 Å². The second-order valence-electron chi connectivity index (χ2n) is 4.04. The number of benzene rings is 1. The van der Waals surface area contributed by atoms with Gasteiger partial charge in [0, 0.05) is 18.0 Å². The molecule has 0 saturated carbocycles. The Morgan fingerprint density at radius 1 is 1.14 bits per heavy atom. The van der Waals surface area contributed by atoms with E-state index in [9.17, 15) is 9.59 Å². The lowest BCUT2D eigenvalue weighted by molar-refractivity contribution is -0.136. The molecule has 2 aromatic rings. The summed E-state index contributed by atoms with van der Waals surface area (Å²) in [6, 6.07) is 8.16. The zero-order valence-electron chi connectivity index (χ0n) is 11.1. The summed E-state index contributed by atoms with van der Waals surface area (Å²) in [5, 5.41) is 6.43. The van der Waals surface area contributed by atoms with Crippen molar-refractivity contribution in [1.82, 2.24) is 10.4 Å². The molecule has 1 aromatic heterocycles. The van der Waals surface area contributed by atoms with Crippen molar-refractivity contribution >= 4 is 46.9 Å². The van der Waals surface area contributed by atoms with Crippen LogP contribution < -0.4 is 10.7 Å². The number of amides is 2. The normalized spacial score (nSPS) is 10.5. The van der Waals surface area contributed by atoms with Crippen LogP contribution in [0.25, 0.3) is 0 Å². The zero-order valence-corrected chi connectivity index (χ0v) is 12.6. The van der Waals surface area contributed by atoms with Gasteiger partial charge >= 0.3 is 11.8 Å². The average molecular weight is 337 g/mol. The van der Waals surface area contributed by atoms with Gasteiger partial charge in [0.05, 0.1) is 21.9 Å². The summed E-state index contributed by atoms with van der Waals surface area (Å²) in [7, 11) is 0. The number of hydrogen-bond acceptors (Lipinski definition) is 4. The number of nitrogens with zero attached hydrogens (tertiary/aromatic N) is 2. The fourth-order valence-electron chi connectivity index (χ4n) is 1.45. The van der Waals surface area contributed by atoms with E-state index in [-0.39, 0.29) is 15.7 Å². The molecule has 8 heteroatoms. The first-order valence-electron chi connectivity index (χ1n) is 6.06. The van der Waals surface area contributed by atoms with Crippen molar-refractivity contribution in [2.24, 2.45) is 5.10 Å². The fourth-order valence-corrected chi connectivity index (χ4v) is 1.80. The summed E-state index contributed by atoms with van der Waals surface area (Å²) in [5.41, 5.74) is 3.02. The first kappa shape index (κ1) is 15.9. The molecular formula is C14H10Cl2N4O2. The molecule has 112 valence electrons. The number of pyridine rings is 1. The standard InChI is InChI=1S/C14H10Cl2N4O2/c15-10-4-1-5-11(12(10)16)19-13(21)14(22)20-18-8-9-3-2-6-17-7-9/h1-8H,(H,19,21)(H,20,22)/b18-8-. The van der Waals surface area contributed by atoms with Crippen LogP contribution in [0.5, 0.6) is 0 Å². The molecule has 22 heavy (non-hydrogen) atoms. The lowest BCUT2D eigenvalue weighted by Gasteiger charge is -2.06. The number of hydrogen-bond donors (Lipinski definition) is 2. The minimum atomic E-state index is -0.934. The molecule has 0 aliphatic heterocycles. The van der Waals surface area contributed by atoms with Crippen molar-refractivity contribution in [3.05, 3.63) is 58.3 Å². The minimum Gasteiger partial charge on any atom is -0.316 e. The van der Waals surface area contributed by atoms with Crippen LogP contribution in [0, 0.1) is 0 Å². The number of carbonyl (C=O) groups is 2. The quantitative estimate of drug-likeness (QED) is 0.513. The summed E-state index contributed by atoms with van der Waals surface area (Å²) in [6.45, 7) is 0. The van der Waals surface area contributed by atoms with Crippen LogP contribution in [0.3, 0.4) is 0 Å². The maximum Gasteiger partial charge on any atom is 0.329 e. The van der Waals surface area contributed by atoms with Crippen LogP contribution in [0.2, 0.25) is 10.0 Å². The van der Waals surface area contributed by atoms with Gasteiger partial charge in [0.2, 0.25) is 0 Å². The van der Waals surface area contributed by atoms with E-state index in [1.807, 2.05) is 0 Å². The van der Waals surface area contributed by atoms with E-state index in [1.165, 1.54) is 12.3 Å². The Kier molecular flexibility index (Phi) is 5.46. The Morgan fingerprint density at radius 2 is 1.95 bits per heavy atom. The van der Waals surface area contributed by atoms with Crippen molar-refractivity contribution in [2.45, 2.75) is 0 Å². The van der Waals surface area contributed by atoms with Crippen molar-refractivity contribution in [2.75, 3.05) is 5.32 Å². The van der Waals surface area contributed by atoms with Crippen molar-refractivity contribution in [3.63, 3.8) is 0 Å². The van der Waals surface area contributed by atoms with Crippen molar-refractivity contribution in [1.29, 1.82) is 0 Å². The van der Waals surface area contributed by atoms with Gasteiger partial charge in [-0.3, -0.25) is 14.6 Å². The number of anilines is 1. The third kappa shape index (κ3) is 4.28. The lowest BCUT2D eigenvalue weighted by Crippen LogP contribution is -2.32. The molecule has 0 fully saturated rings. The number of rotatable bonds is 3. The molecule has 0 unspecified atom stereocenters. The highest BCUT2D eigenvalue weighted by atomic mass is 35.5. The monoisotopic (exact) mass is 336 g/mol. The molecule has 0 aliphatic rings. The zero-order chi connectivity index (χ0) is 15.9.